The Bertz CT molecular complexity index is 434. The summed E-state index contributed by atoms with van der Waals surface area (Å²) in [6, 6.07) is 0. The van der Waals surface area contributed by atoms with E-state index >= 15 is 0 Å². The third-order valence-electron chi connectivity index (χ3n) is 7.54. The minimum atomic E-state index is -0.253. The second kappa shape index (κ2) is 7.88. The first kappa shape index (κ1) is 19.9. The van der Waals surface area contributed by atoms with Crippen LogP contribution in [0.4, 0.5) is 0 Å². The average Bonchev–Trinajstić information content (AvgIpc) is 2.59. The van der Waals surface area contributed by atoms with Crippen molar-refractivity contribution in [1.29, 1.82) is 0 Å². The number of aliphatic hydroxyl groups is 2. The van der Waals surface area contributed by atoms with E-state index in [-0.39, 0.29) is 29.5 Å². The lowest BCUT2D eigenvalue weighted by Crippen LogP contribution is -2.47. The van der Waals surface area contributed by atoms with Crippen LogP contribution < -0.4 is 5.73 Å². The first-order valence-corrected chi connectivity index (χ1v) is 9.92. The Morgan fingerprint density at radius 3 is 2.50 bits per heavy atom. The van der Waals surface area contributed by atoms with Gasteiger partial charge in [0.05, 0.1) is 6.10 Å². The van der Waals surface area contributed by atoms with Crippen molar-refractivity contribution in [2.75, 3.05) is 13.2 Å². The van der Waals surface area contributed by atoms with E-state index < -0.39 is 0 Å². The molecule has 3 heteroatoms. The van der Waals surface area contributed by atoms with E-state index in [9.17, 15) is 10.2 Å². The van der Waals surface area contributed by atoms with Crippen molar-refractivity contribution in [2.24, 2.45) is 34.3 Å². The van der Waals surface area contributed by atoms with Crippen molar-refractivity contribution < 1.29 is 10.2 Å². The average molecular weight is 338 g/mol. The molecule has 0 spiro atoms. The van der Waals surface area contributed by atoms with Crippen molar-refractivity contribution in [3.8, 4) is 0 Å². The molecule has 0 saturated heterocycles. The van der Waals surface area contributed by atoms with Crippen LogP contribution in [0.5, 0.6) is 0 Å². The van der Waals surface area contributed by atoms with Gasteiger partial charge in [-0.05, 0) is 80.1 Å². The summed E-state index contributed by atoms with van der Waals surface area (Å²) in [6.45, 7) is 12.3. The molecule has 2 saturated carbocycles. The fourth-order valence-electron chi connectivity index (χ4n) is 5.41. The number of rotatable bonds is 3. The molecule has 0 radical (unpaired) electrons. The molecule has 0 aromatic heterocycles. The van der Waals surface area contributed by atoms with Crippen LogP contribution in [-0.2, 0) is 0 Å². The molecule has 0 bridgehead atoms. The molecule has 0 heterocycles. The van der Waals surface area contributed by atoms with E-state index in [2.05, 4.69) is 27.4 Å². The Kier molecular flexibility index (Phi) is 6.55. The van der Waals surface area contributed by atoms with Gasteiger partial charge in [-0.1, -0.05) is 39.3 Å². The zero-order chi connectivity index (χ0) is 18.0. The third-order valence-corrected chi connectivity index (χ3v) is 7.54. The number of hydrogen-bond donors (Lipinski definition) is 3. The summed E-state index contributed by atoms with van der Waals surface area (Å²) < 4.78 is 0. The van der Waals surface area contributed by atoms with Crippen molar-refractivity contribution in [3.63, 3.8) is 0 Å². The molecule has 2 aliphatic carbocycles. The summed E-state index contributed by atoms with van der Waals surface area (Å²) in [5.74, 6) is 1.21. The molecule has 0 amide bonds. The molecule has 140 valence electrons. The molecule has 0 aromatic carbocycles. The van der Waals surface area contributed by atoms with E-state index in [1.165, 1.54) is 24.8 Å². The molecule has 24 heavy (non-hydrogen) atoms. The molecular formula is C21H39NO2. The summed E-state index contributed by atoms with van der Waals surface area (Å²) >= 11 is 0. The fraction of sp³-hybridized carbons (Fsp3) is 0.905. The Morgan fingerprint density at radius 2 is 1.88 bits per heavy atom. The second-order valence-corrected chi connectivity index (χ2v) is 9.33. The van der Waals surface area contributed by atoms with Crippen LogP contribution in [0, 0.1) is 28.6 Å². The van der Waals surface area contributed by atoms with Crippen LogP contribution in [0.3, 0.4) is 0 Å². The zero-order valence-corrected chi connectivity index (χ0v) is 16.1. The summed E-state index contributed by atoms with van der Waals surface area (Å²) in [4.78, 5) is 0. The fourth-order valence-corrected chi connectivity index (χ4v) is 5.41. The maximum Gasteiger partial charge on any atom is 0.0544 e. The first-order valence-electron chi connectivity index (χ1n) is 9.92. The Hall–Kier alpha value is -0.380. The lowest BCUT2D eigenvalue weighted by atomic mass is 9.56. The van der Waals surface area contributed by atoms with Crippen LogP contribution in [-0.4, -0.2) is 29.5 Å². The van der Waals surface area contributed by atoms with Gasteiger partial charge in [-0.15, -0.1) is 0 Å². The minimum Gasteiger partial charge on any atom is -0.396 e. The van der Waals surface area contributed by atoms with Crippen LogP contribution in [0.1, 0.15) is 72.1 Å². The highest BCUT2D eigenvalue weighted by molar-refractivity contribution is 5.09. The Labute approximate surface area is 148 Å². The highest BCUT2D eigenvalue weighted by Crippen LogP contribution is 2.53. The molecule has 0 aliphatic heterocycles. The largest absolute Gasteiger partial charge is 0.396 e. The Balaban J connectivity index is 2.27. The highest BCUT2D eigenvalue weighted by atomic mass is 16.3. The summed E-state index contributed by atoms with van der Waals surface area (Å²) in [6.07, 6.45) is 8.07. The maximum atomic E-state index is 10.1. The predicted octanol–water partition coefficient (Wildman–Crippen LogP) is 3.88. The minimum absolute atomic E-state index is 0.0762. The van der Waals surface area contributed by atoms with Gasteiger partial charge in [0.15, 0.2) is 0 Å². The van der Waals surface area contributed by atoms with E-state index in [4.69, 9.17) is 5.73 Å². The SMILES string of the molecule is C=C1CC[C@H]([C@@]2(C)CC[C@H](O)C[C@@H]2CO)[C@@H](CN)CCCC1(C)C. The number of nitrogens with two attached hydrogens (primary N) is 1. The van der Waals surface area contributed by atoms with Gasteiger partial charge in [0.2, 0.25) is 0 Å². The highest BCUT2D eigenvalue weighted by Gasteiger charge is 2.47. The quantitative estimate of drug-likeness (QED) is 0.685. The van der Waals surface area contributed by atoms with Gasteiger partial charge in [0.25, 0.3) is 0 Å². The van der Waals surface area contributed by atoms with Gasteiger partial charge in [-0.2, -0.15) is 0 Å². The second-order valence-electron chi connectivity index (χ2n) is 9.33. The number of allylic oxidation sites excluding steroid dienone is 1. The molecule has 2 aliphatic rings. The summed E-state index contributed by atoms with van der Waals surface area (Å²) in [5, 5.41) is 20.1. The monoisotopic (exact) mass is 337 g/mol. The zero-order valence-electron chi connectivity index (χ0n) is 16.1. The van der Waals surface area contributed by atoms with E-state index in [0.717, 1.165) is 38.6 Å². The van der Waals surface area contributed by atoms with Crippen LogP contribution in [0.25, 0.3) is 0 Å². The number of aliphatic hydroxyl groups excluding tert-OH is 2. The van der Waals surface area contributed by atoms with Gasteiger partial charge in [-0.25, -0.2) is 0 Å². The normalized spacial score (nSPS) is 41.3. The van der Waals surface area contributed by atoms with Crippen molar-refractivity contribution in [3.05, 3.63) is 12.2 Å². The van der Waals surface area contributed by atoms with E-state index in [0.29, 0.717) is 11.8 Å². The molecule has 3 nitrogen and oxygen atoms in total. The third kappa shape index (κ3) is 4.05. The van der Waals surface area contributed by atoms with E-state index in [1.54, 1.807) is 0 Å². The van der Waals surface area contributed by atoms with Gasteiger partial charge in [0, 0.05) is 6.61 Å². The van der Waals surface area contributed by atoms with Gasteiger partial charge in [0.1, 0.15) is 0 Å². The lowest BCUT2D eigenvalue weighted by molar-refractivity contribution is -0.0603. The number of hydrogen-bond acceptors (Lipinski definition) is 3. The Morgan fingerprint density at radius 1 is 1.17 bits per heavy atom. The standard InChI is InChI=1S/C21H39NO2/c1-15-7-8-19(16(13-22)6-5-10-20(15,2)3)21(4)11-9-18(24)12-17(21)14-23/h16-19,23-24H,1,5-14,22H2,2-4H3/t16-,17-,18+,19+,21+/m1/s1. The van der Waals surface area contributed by atoms with Gasteiger partial charge >= 0.3 is 0 Å². The first-order chi connectivity index (χ1) is 11.2. The molecular weight excluding hydrogens is 298 g/mol. The molecule has 2 fully saturated rings. The van der Waals surface area contributed by atoms with Crippen LogP contribution in [0.2, 0.25) is 0 Å². The van der Waals surface area contributed by atoms with Gasteiger partial charge in [-0.3, -0.25) is 0 Å². The van der Waals surface area contributed by atoms with Crippen molar-refractivity contribution in [2.45, 2.75) is 78.2 Å². The predicted molar refractivity (Wildman–Crippen MR) is 101 cm³/mol. The molecule has 0 unspecified atom stereocenters. The van der Waals surface area contributed by atoms with Crippen LogP contribution in [0.15, 0.2) is 12.2 Å². The van der Waals surface area contributed by atoms with E-state index in [1.807, 2.05) is 0 Å². The van der Waals surface area contributed by atoms with Crippen molar-refractivity contribution in [1.82, 2.24) is 0 Å². The smallest absolute Gasteiger partial charge is 0.0544 e. The molecule has 5 atom stereocenters. The van der Waals surface area contributed by atoms with Crippen molar-refractivity contribution >= 4 is 0 Å². The lowest BCUT2D eigenvalue weighted by Gasteiger charge is -2.50. The summed E-state index contributed by atoms with van der Waals surface area (Å²) in [5.41, 5.74) is 7.87. The van der Waals surface area contributed by atoms with Gasteiger partial charge < -0.3 is 15.9 Å². The summed E-state index contributed by atoms with van der Waals surface area (Å²) in [7, 11) is 0. The maximum absolute atomic E-state index is 10.1. The molecule has 2 rings (SSSR count). The van der Waals surface area contributed by atoms with Crippen LogP contribution >= 0.6 is 0 Å². The molecule has 4 N–H and O–H groups in total. The topological polar surface area (TPSA) is 66.5 Å². The molecule has 0 aromatic rings.